The standard InChI is InChI=1S/C16H22O4S/c1-2-16(19)20-10-7-11-9-5-13(12(11)8-10)14(6-9)21-4-3-15(17)18/h2,9-14H,1,3-8H2,(H,17,18). The van der Waals surface area contributed by atoms with Gasteiger partial charge < -0.3 is 9.84 Å². The lowest BCUT2D eigenvalue weighted by Gasteiger charge is -2.30. The molecule has 3 saturated carbocycles. The molecule has 0 radical (unpaired) electrons. The number of carboxylic acid groups (broad SMARTS) is 1. The highest BCUT2D eigenvalue weighted by atomic mass is 32.2. The fourth-order valence-corrected chi connectivity index (χ4v) is 6.29. The number of thioether (sulfide) groups is 1. The van der Waals surface area contributed by atoms with Crippen molar-refractivity contribution >= 4 is 23.7 Å². The van der Waals surface area contributed by atoms with E-state index in [2.05, 4.69) is 6.58 Å². The fourth-order valence-electron chi connectivity index (χ4n) is 4.76. The highest BCUT2D eigenvalue weighted by molar-refractivity contribution is 7.99. The topological polar surface area (TPSA) is 63.6 Å². The van der Waals surface area contributed by atoms with Crippen LogP contribution in [0.2, 0.25) is 0 Å². The van der Waals surface area contributed by atoms with Crippen LogP contribution < -0.4 is 0 Å². The maximum absolute atomic E-state index is 11.3. The second-order valence-electron chi connectivity index (χ2n) is 6.51. The lowest BCUT2D eigenvalue weighted by Crippen LogP contribution is -2.26. The molecule has 0 aromatic carbocycles. The molecule has 21 heavy (non-hydrogen) atoms. The first-order chi connectivity index (χ1) is 10.1. The molecule has 2 bridgehead atoms. The number of carboxylic acids is 1. The molecule has 3 fully saturated rings. The van der Waals surface area contributed by atoms with E-state index < -0.39 is 5.97 Å². The van der Waals surface area contributed by atoms with Gasteiger partial charge in [0, 0.05) is 17.1 Å². The van der Waals surface area contributed by atoms with E-state index in [0.717, 1.165) is 24.5 Å². The van der Waals surface area contributed by atoms with E-state index in [4.69, 9.17) is 9.84 Å². The normalized spacial score (nSPS) is 40.0. The van der Waals surface area contributed by atoms with Crippen LogP contribution in [0.5, 0.6) is 0 Å². The van der Waals surface area contributed by atoms with Gasteiger partial charge in [-0.25, -0.2) is 4.79 Å². The van der Waals surface area contributed by atoms with Crippen molar-refractivity contribution in [1.29, 1.82) is 0 Å². The highest BCUT2D eigenvalue weighted by Gasteiger charge is 2.56. The van der Waals surface area contributed by atoms with Crippen molar-refractivity contribution in [3.8, 4) is 0 Å². The van der Waals surface area contributed by atoms with E-state index in [-0.39, 0.29) is 18.5 Å². The zero-order valence-corrected chi connectivity index (χ0v) is 12.9. The van der Waals surface area contributed by atoms with Crippen LogP contribution in [-0.4, -0.2) is 34.2 Å². The van der Waals surface area contributed by atoms with Crippen molar-refractivity contribution in [1.82, 2.24) is 0 Å². The van der Waals surface area contributed by atoms with Gasteiger partial charge in [0.15, 0.2) is 0 Å². The second-order valence-corrected chi connectivity index (χ2v) is 7.86. The Morgan fingerprint density at radius 1 is 1.19 bits per heavy atom. The Morgan fingerprint density at radius 2 is 1.95 bits per heavy atom. The molecule has 6 unspecified atom stereocenters. The quantitative estimate of drug-likeness (QED) is 0.603. The predicted octanol–water partition coefficient (Wildman–Crippen LogP) is 2.73. The van der Waals surface area contributed by atoms with Gasteiger partial charge in [0.1, 0.15) is 6.10 Å². The maximum Gasteiger partial charge on any atom is 0.330 e. The van der Waals surface area contributed by atoms with Crippen LogP contribution in [0.15, 0.2) is 12.7 Å². The van der Waals surface area contributed by atoms with Crippen LogP contribution in [0.3, 0.4) is 0 Å². The monoisotopic (exact) mass is 310 g/mol. The summed E-state index contributed by atoms with van der Waals surface area (Å²) in [5.74, 6) is 2.55. The predicted molar refractivity (Wildman–Crippen MR) is 81.0 cm³/mol. The lowest BCUT2D eigenvalue weighted by molar-refractivity contribution is -0.143. The molecule has 0 aliphatic heterocycles. The summed E-state index contributed by atoms with van der Waals surface area (Å²) in [5, 5.41) is 9.36. The Hall–Kier alpha value is -0.970. The molecule has 0 amide bonds. The summed E-state index contributed by atoms with van der Waals surface area (Å²) < 4.78 is 5.43. The molecule has 3 aliphatic rings. The van der Waals surface area contributed by atoms with E-state index in [1.807, 2.05) is 11.8 Å². The Morgan fingerprint density at radius 3 is 2.67 bits per heavy atom. The highest BCUT2D eigenvalue weighted by Crippen LogP contribution is 2.61. The molecule has 1 N–H and O–H groups in total. The first-order valence-electron chi connectivity index (χ1n) is 7.75. The van der Waals surface area contributed by atoms with Gasteiger partial charge in [-0.3, -0.25) is 4.79 Å². The van der Waals surface area contributed by atoms with Crippen LogP contribution in [0.1, 0.15) is 32.1 Å². The number of aliphatic carboxylic acids is 1. The van der Waals surface area contributed by atoms with Crippen molar-refractivity contribution in [2.45, 2.75) is 43.5 Å². The summed E-state index contributed by atoms with van der Waals surface area (Å²) in [6, 6.07) is 0. The third-order valence-corrected chi connectivity index (χ3v) is 6.87. The fraction of sp³-hybridized carbons (Fsp3) is 0.750. The first-order valence-corrected chi connectivity index (χ1v) is 8.79. The van der Waals surface area contributed by atoms with Gasteiger partial charge in [-0.05, 0) is 49.4 Å². The number of rotatable bonds is 6. The molecule has 3 aliphatic carbocycles. The lowest BCUT2D eigenvalue weighted by atomic mass is 9.81. The average Bonchev–Trinajstić information content (AvgIpc) is 3.08. The molecule has 5 heteroatoms. The average molecular weight is 310 g/mol. The molecule has 0 aromatic rings. The second kappa shape index (κ2) is 6.03. The number of esters is 1. The van der Waals surface area contributed by atoms with Crippen LogP contribution in [0.4, 0.5) is 0 Å². The number of hydrogen-bond acceptors (Lipinski definition) is 4. The summed E-state index contributed by atoms with van der Waals surface area (Å²) in [7, 11) is 0. The van der Waals surface area contributed by atoms with Crippen LogP contribution in [0, 0.1) is 23.7 Å². The third kappa shape index (κ3) is 2.98. The Balaban J connectivity index is 1.53. The molecule has 0 saturated heterocycles. The minimum absolute atomic E-state index is 0.0681. The van der Waals surface area contributed by atoms with Crippen LogP contribution in [-0.2, 0) is 14.3 Å². The minimum atomic E-state index is -0.708. The summed E-state index contributed by atoms with van der Waals surface area (Å²) in [6.45, 7) is 3.45. The summed E-state index contributed by atoms with van der Waals surface area (Å²) in [6.07, 6.45) is 6.08. The van der Waals surface area contributed by atoms with E-state index >= 15 is 0 Å². The molecule has 0 aromatic heterocycles. The third-order valence-electron chi connectivity index (χ3n) is 5.46. The van der Waals surface area contributed by atoms with Crippen LogP contribution >= 0.6 is 11.8 Å². The van der Waals surface area contributed by atoms with E-state index in [9.17, 15) is 9.59 Å². The van der Waals surface area contributed by atoms with E-state index in [0.29, 0.717) is 23.0 Å². The van der Waals surface area contributed by atoms with Crippen molar-refractivity contribution < 1.29 is 19.4 Å². The zero-order valence-electron chi connectivity index (χ0n) is 12.1. The largest absolute Gasteiger partial charge is 0.481 e. The van der Waals surface area contributed by atoms with Crippen molar-refractivity contribution in [3.05, 3.63) is 12.7 Å². The summed E-state index contributed by atoms with van der Waals surface area (Å²) in [5.41, 5.74) is 0. The van der Waals surface area contributed by atoms with E-state index in [1.54, 1.807) is 0 Å². The van der Waals surface area contributed by atoms with Gasteiger partial charge >= 0.3 is 11.9 Å². The van der Waals surface area contributed by atoms with E-state index in [1.165, 1.54) is 18.9 Å². The Labute approximate surface area is 129 Å². The SMILES string of the molecule is C=CC(=O)OC1CC2C3CC(SCCC(=O)O)C(C3)C2C1. The van der Waals surface area contributed by atoms with Gasteiger partial charge in [0.2, 0.25) is 0 Å². The Bertz CT molecular complexity index is 450. The van der Waals surface area contributed by atoms with Gasteiger partial charge in [-0.15, -0.1) is 0 Å². The molecule has 116 valence electrons. The molecular weight excluding hydrogens is 288 g/mol. The van der Waals surface area contributed by atoms with Gasteiger partial charge in [0.05, 0.1) is 6.42 Å². The summed E-state index contributed by atoms with van der Waals surface area (Å²) in [4.78, 5) is 22.0. The minimum Gasteiger partial charge on any atom is -0.481 e. The van der Waals surface area contributed by atoms with Gasteiger partial charge in [0.25, 0.3) is 0 Å². The maximum atomic E-state index is 11.3. The first kappa shape index (κ1) is 14.9. The molecule has 0 heterocycles. The molecule has 3 rings (SSSR count). The Kier molecular flexibility index (Phi) is 4.29. The van der Waals surface area contributed by atoms with Crippen molar-refractivity contribution in [2.75, 3.05) is 5.75 Å². The van der Waals surface area contributed by atoms with Crippen molar-refractivity contribution in [2.24, 2.45) is 23.7 Å². The molecule has 0 spiro atoms. The smallest absolute Gasteiger partial charge is 0.330 e. The van der Waals surface area contributed by atoms with Crippen LogP contribution in [0.25, 0.3) is 0 Å². The number of carbonyl (C=O) groups excluding carboxylic acids is 1. The zero-order chi connectivity index (χ0) is 15.0. The molecular formula is C16H22O4S. The number of carbonyl (C=O) groups is 2. The molecule has 4 nitrogen and oxygen atoms in total. The molecule has 6 atom stereocenters. The number of ether oxygens (including phenoxy) is 1. The number of fused-ring (bicyclic) bond motifs is 5. The number of hydrogen-bond donors (Lipinski definition) is 1. The summed E-state index contributed by atoms with van der Waals surface area (Å²) >= 11 is 1.84. The van der Waals surface area contributed by atoms with Gasteiger partial charge in [-0.2, -0.15) is 11.8 Å². The van der Waals surface area contributed by atoms with Gasteiger partial charge in [-0.1, -0.05) is 6.58 Å². The van der Waals surface area contributed by atoms with Crippen molar-refractivity contribution in [3.63, 3.8) is 0 Å².